The number of methoxy groups -OCH3 is 1. The number of hydrogen-bond acceptors (Lipinski definition) is 4. The van der Waals surface area contributed by atoms with Gasteiger partial charge >= 0.3 is 0 Å². The minimum atomic E-state index is 0.127. The van der Waals surface area contributed by atoms with Crippen molar-refractivity contribution in [1.82, 2.24) is 0 Å². The topological polar surface area (TPSA) is 51.0 Å². The molecule has 0 radical (unpaired) electrons. The van der Waals surface area contributed by atoms with Crippen molar-refractivity contribution in [2.75, 3.05) is 7.11 Å². The van der Waals surface area contributed by atoms with Crippen molar-refractivity contribution >= 4 is 11.6 Å². The molecule has 1 N–H and O–H groups in total. The van der Waals surface area contributed by atoms with Crippen molar-refractivity contribution in [1.29, 1.82) is 0 Å². The first kappa shape index (κ1) is 23.3. The number of phenols is 1. The summed E-state index contributed by atoms with van der Waals surface area (Å²) in [6, 6.07) is 11.3. The first-order valence-electron chi connectivity index (χ1n) is 9.62. The van der Waals surface area contributed by atoms with Crippen molar-refractivity contribution in [3.05, 3.63) is 65.2 Å². The summed E-state index contributed by atoms with van der Waals surface area (Å²) >= 11 is 0. The predicted molar refractivity (Wildman–Crippen MR) is 118 cm³/mol. The minimum absolute atomic E-state index is 0.127. The van der Waals surface area contributed by atoms with E-state index in [4.69, 9.17) is 9.47 Å². The van der Waals surface area contributed by atoms with Gasteiger partial charge in [-0.25, -0.2) is 4.99 Å². The lowest BCUT2D eigenvalue weighted by molar-refractivity contribution is 0.242. The van der Waals surface area contributed by atoms with E-state index in [9.17, 15) is 5.11 Å². The van der Waals surface area contributed by atoms with Crippen LogP contribution in [0.4, 0.5) is 0 Å². The van der Waals surface area contributed by atoms with Gasteiger partial charge in [-0.15, -0.1) is 0 Å². The molecule has 2 aromatic rings. The summed E-state index contributed by atoms with van der Waals surface area (Å²) in [4.78, 5) is 4.52. The Labute approximate surface area is 169 Å². The molecular formula is C24H33NO3. The zero-order valence-corrected chi connectivity index (χ0v) is 18.2. The Morgan fingerprint density at radius 3 is 1.96 bits per heavy atom. The summed E-state index contributed by atoms with van der Waals surface area (Å²) in [7, 11) is 1.58. The Bertz CT molecular complexity index is 782. The molecule has 0 aliphatic carbocycles. The molecule has 2 aromatic carbocycles. The number of aromatic hydroxyl groups is 1. The Morgan fingerprint density at radius 2 is 1.54 bits per heavy atom. The van der Waals surface area contributed by atoms with Crippen LogP contribution in [0.1, 0.15) is 56.4 Å². The first-order valence-corrected chi connectivity index (χ1v) is 9.62. The minimum Gasteiger partial charge on any atom is -0.507 e. The molecule has 0 fully saturated rings. The summed E-state index contributed by atoms with van der Waals surface area (Å²) in [5.74, 6) is 1.58. The molecule has 0 saturated heterocycles. The van der Waals surface area contributed by atoms with Crippen molar-refractivity contribution in [3.8, 4) is 11.5 Å². The van der Waals surface area contributed by atoms with Gasteiger partial charge in [-0.2, -0.15) is 0 Å². The Balaban J connectivity index is 0.00000122. The van der Waals surface area contributed by atoms with Crippen LogP contribution in [0, 0.1) is 13.8 Å². The Kier molecular flexibility index (Phi) is 9.29. The molecule has 4 nitrogen and oxygen atoms in total. The molecule has 0 saturated carbocycles. The van der Waals surface area contributed by atoms with E-state index in [1.54, 1.807) is 7.11 Å². The molecule has 2 rings (SSSR count). The summed E-state index contributed by atoms with van der Waals surface area (Å²) < 4.78 is 11.1. The number of hydrogen-bond donors (Lipinski definition) is 1. The summed E-state index contributed by atoms with van der Waals surface area (Å²) in [5.41, 5.74) is 3.85. The van der Waals surface area contributed by atoms with E-state index in [1.165, 1.54) is 6.42 Å². The summed E-state index contributed by atoms with van der Waals surface area (Å²) in [5, 5.41) is 9.90. The molecule has 0 heterocycles. The standard InChI is InChI=1S/C21H25NO3.C3H8/c1-13(2)25-19-9-7-17(8-10-19)21(24-6)22-16(5)18-11-14(3)20(23)15(4)12-18;1-3-2/h7-13,23H,5H2,1-4,6H3;3H2,1-2H3. The highest BCUT2D eigenvalue weighted by molar-refractivity contribution is 5.97. The second kappa shape index (κ2) is 11.2. The van der Waals surface area contributed by atoms with Crippen LogP contribution in [0.3, 0.4) is 0 Å². The maximum Gasteiger partial charge on any atom is 0.221 e. The zero-order chi connectivity index (χ0) is 21.3. The third kappa shape index (κ3) is 6.76. The fourth-order valence-electron chi connectivity index (χ4n) is 2.49. The van der Waals surface area contributed by atoms with Gasteiger partial charge in [0.25, 0.3) is 0 Å². The maximum atomic E-state index is 9.90. The lowest BCUT2D eigenvalue weighted by Crippen LogP contribution is -2.07. The van der Waals surface area contributed by atoms with Gasteiger partial charge in [-0.3, -0.25) is 0 Å². The largest absolute Gasteiger partial charge is 0.507 e. The molecular weight excluding hydrogens is 350 g/mol. The molecule has 152 valence electrons. The Morgan fingerprint density at radius 1 is 1.04 bits per heavy atom. The molecule has 28 heavy (non-hydrogen) atoms. The van der Waals surface area contributed by atoms with Crippen LogP contribution in [0.25, 0.3) is 5.70 Å². The second-order valence-electron chi connectivity index (χ2n) is 6.92. The number of nitrogens with zero attached hydrogens (tertiary/aromatic N) is 1. The van der Waals surface area contributed by atoms with Gasteiger partial charge < -0.3 is 14.6 Å². The predicted octanol–water partition coefficient (Wildman–Crippen LogP) is 6.28. The van der Waals surface area contributed by atoms with Gasteiger partial charge in [0, 0.05) is 11.1 Å². The number of benzene rings is 2. The molecule has 0 amide bonds. The average molecular weight is 384 g/mol. The number of phenolic OH excluding ortho intramolecular Hbond substituents is 1. The van der Waals surface area contributed by atoms with E-state index >= 15 is 0 Å². The maximum absolute atomic E-state index is 9.90. The van der Waals surface area contributed by atoms with Crippen LogP contribution in [0.15, 0.2) is 48.0 Å². The monoisotopic (exact) mass is 383 g/mol. The van der Waals surface area contributed by atoms with Gasteiger partial charge in [0.05, 0.1) is 18.9 Å². The van der Waals surface area contributed by atoms with E-state index in [-0.39, 0.29) is 6.10 Å². The molecule has 0 aliphatic rings. The fourth-order valence-corrected chi connectivity index (χ4v) is 2.49. The average Bonchev–Trinajstić information content (AvgIpc) is 2.64. The first-order chi connectivity index (χ1) is 13.2. The molecule has 0 unspecified atom stereocenters. The fraction of sp³-hybridized carbons (Fsp3) is 0.375. The van der Waals surface area contributed by atoms with Crippen LogP contribution in [0.2, 0.25) is 0 Å². The van der Waals surface area contributed by atoms with Crippen molar-refractivity contribution in [3.63, 3.8) is 0 Å². The number of ether oxygens (including phenoxy) is 2. The number of aryl methyl sites for hydroxylation is 2. The van der Waals surface area contributed by atoms with Gasteiger partial charge in [0.2, 0.25) is 5.90 Å². The molecule has 0 aromatic heterocycles. The smallest absolute Gasteiger partial charge is 0.221 e. The van der Waals surface area contributed by atoms with E-state index in [0.717, 1.165) is 28.0 Å². The second-order valence-corrected chi connectivity index (χ2v) is 6.92. The van der Waals surface area contributed by atoms with Crippen molar-refractivity contribution in [2.45, 2.75) is 54.1 Å². The van der Waals surface area contributed by atoms with Crippen LogP contribution >= 0.6 is 0 Å². The number of aliphatic imine (C=N–C) groups is 1. The highest BCUT2D eigenvalue weighted by Gasteiger charge is 2.09. The quantitative estimate of drug-likeness (QED) is 0.488. The van der Waals surface area contributed by atoms with Crippen LogP contribution in [-0.4, -0.2) is 24.2 Å². The highest BCUT2D eigenvalue weighted by atomic mass is 16.5. The van der Waals surface area contributed by atoms with E-state index < -0.39 is 0 Å². The van der Waals surface area contributed by atoms with E-state index in [1.807, 2.05) is 64.1 Å². The van der Waals surface area contributed by atoms with Gasteiger partial charge in [0.1, 0.15) is 11.5 Å². The van der Waals surface area contributed by atoms with Crippen LogP contribution in [-0.2, 0) is 4.74 Å². The zero-order valence-electron chi connectivity index (χ0n) is 18.2. The highest BCUT2D eigenvalue weighted by Crippen LogP contribution is 2.27. The molecule has 0 bridgehead atoms. The molecule has 0 aliphatic heterocycles. The number of rotatable bonds is 5. The third-order valence-corrected chi connectivity index (χ3v) is 3.73. The van der Waals surface area contributed by atoms with Crippen LogP contribution < -0.4 is 4.74 Å². The van der Waals surface area contributed by atoms with Crippen molar-refractivity contribution in [2.24, 2.45) is 4.99 Å². The summed E-state index contributed by atoms with van der Waals surface area (Å²) in [6.45, 7) is 16.0. The van der Waals surface area contributed by atoms with Crippen LogP contribution in [0.5, 0.6) is 11.5 Å². The normalized spacial score (nSPS) is 10.9. The lowest BCUT2D eigenvalue weighted by Gasteiger charge is -2.12. The SMILES string of the molecule is C=C(N=C(OC)c1ccc(OC(C)C)cc1)c1cc(C)c(O)c(C)c1.CCC. The van der Waals surface area contributed by atoms with Gasteiger partial charge in [-0.05, 0) is 75.2 Å². The van der Waals surface area contributed by atoms with E-state index in [0.29, 0.717) is 17.3 Å². The van der Waals surface area contributed by atoms with Gasteiger partial charge in [-0.1, -0.05) is 26.8 Å². The van der Waals surface area contributed by atoms with E-state index in [2.05, 4.69) is 25.4 Å². The third-order valence-electron chi connectivity index (χ3n) is 3.73. The molecule has 4 heteroatoms. The molecule has 0 atom stereocenters. The lowest BCUT2D eigenvalue weighted by atomic mass is 10.0. The Hall–Kier alpha value is -2.75. The molecule has 0 spiro atoms. The summed E-state index contributed by atoms with van der Waals surface area (Å²) in [6.07, 6.45) is 1.38. The van der Waals surface area contributed by atoms with Crippen molar-refractivity contribution < 1.29 is 14.6 Å². The van der Waals surface area contributed by atoms with Gasteiger partial charge in [0.15, 0.2) is 0 Å².